The molecule has 0 spiro atoms. The van der Waals surface area contributed by atoms with Crippen LogP contribution in [-0.4, -0.2) is 42.2 Å². The average molecular weight is 501 g/mol. The summed E-state index contributed by atoms with van der Waals surface area (Å²) >= 11 is 8.37. The van der Waals surface area contributed by atoms with Gasteiger partial charge >= 0.3 is 6.09 Å². The molecule has 27 heavy (non-hydrogen) atoms. The molecule has 0 radical (unpaired) electrons. The highest BCUT2D eigenvalue weighted by Crippen LogP contribution is 2.32. The highest BCUT2D eigenvalue weighted by Gasteiger charge is 2.38. The molecule has 1 aliphatic heterocycles. The number of ether oxygens (including phenoxy) is 1. The lowest BCUT2D eigenvalue weighted by molar-refractivity contribution is -0.126. The van der Waals surface area contributed by atoms with Crippen molar-refractivity contribution in [2.45, 2.75) is 6.54 Å². The van der Waals surface area contributed by atoms with Crippen LogP contribution in [-0.2, 0) is 11.3 Å². The minimum Gasteiger partial charge on any atom is -0.497 e. The summed E-state index contributed by atoms with van der Waals surface area (Å²) in [6.45, 7) is 0.789. The summed E-state index contributed by atoms with van der Waals surface area (Å²) in [5.41, 5.74) is 1.66. The van der Waals surface area contributed by atoms with E-state index in [1.54, 1.807) is 24.1 Å². The molecule has 0 atom stereocenters. The van der Waals surface area contributed by atoms with Crippen molar-refractivity contribution < 1.29 is 19.4 Å². The lowest BCUT2D eigenvalue weighted by Crippen LogP contribution is -2.56. The Morgan fingerprint density at radius 1 is 1.26 bits per heavy atom. The van der Waals surface area contributed by atoms with Gasteiger partial charge in [-0.15, -0.1) is 0 Å². The van der Waals surface area contributed by atoms with E-state index in [1.807, 2.05) is 30.3 Å². The molecular formula is C19H18ClIN2O4. The smallest absolute Gasteiger partial charge is 0.407 e. The molecule has 0 saturated carbocycles. The second-order valence-electron chi connectivity index (χ2n) is 6.23. The molecule has 1 aliphatic rings. The first-order valence-corrected chi connectivity index (χ1v) is 9.72. The van der Waals surface area contributed by atoms with Crippen molar-refractivity contribution in [1.29, 1.82) is 0 Å². The van der Waals surface area contributed by atoms with Crippen molar-refractivity contribution in [1.82, 2.24) is 4.90 Å². The zero-order chi connectivity index (χ0) is 19.6. The van der Waals surface area contributed by atoms with E-state index in [2.05, 4.69) is 22.6 Å². The maximum atomic E-state index is 13.1. The number of hydrogen-bond donors (Lipinski definition) is 1. The van der Waals surface area contributed by atoms with E-state index >= 15 is 0 Å². The van der Waals surface area contributed by atoms with Crippen LogP contribution in [0.3, 0.4) is 0 Å². The zero-order valence-corrected chi connectivity index (χ0v) is 17.5. The molecule has 0 unspecified atom stereocenters. The predicted octanol–water partition coefficient (Wildman–Crippen LogP) is 4.10. The monoisotopic (exact) mass is 500 g/mol. The van der Waals surface area contributed by atoms with Gasteiger partial charge < -0.3 is 19.6 Å². The summed E-state index contributed by atoms with van der Waals surface area (Å²) < 4.78 is 5.96. The van der Waals surface area contributed by atoms with E-state index in [4.69, 9.17) is 21.4 Å². The fourth-order valence-electron chi connectivity index (χ4n) is 2.91. The Balaban J connectivity index is 1.87. The number of carbonyl (C=O) groups excluding carboxylic acids is 1. The molecule has 1 saturated heterocycles. The molecule has 3 rings (SSSR count). The van der Waals surface area contributed by atoms with Gasteiger partial charge in [-0.05, 0) is 52.4 Å². The molecule has 1 fully saturated rings. The number of amides is 2. The van der Waals surface area contributed by atoms with Crippen molar-refractivity contribution >= 4 is 51.9 Å². The van der Waals surface area contributed by atoms with E-state index in [0.29, 0.717) is 11.6 Å². The highest BCUT2D eigenvalue weighted by molar-refractivity contribution is 14.1. The SMILES string of the molecule is COc1ccc(CN(C(=O)C2CN(C(=O)O)C2)c2cccc(Cl)c2I)cc1. The van der Waals surface area contributed by atoms with Gasteiger partial charge in [-0.1, -0.05) is 29.8 Å². The van der Waals surface area contributed by atoms with E-state index in [-0.39, 0.29) is 24.9 Å². The van der Waals surface area contributed by atoms with Gasteiger partial charge in [-0.3, -0.25) is 4.79 Å². The lowest BCUT2D eigenvalue weighted by Gasteiger charge is -2.39. The Morgan fingerprint density at radius 2 is 1.93 bits per heavy atom. The van der Waals surface area contributed by atoms with Crippen LogP contribution in [0.15, 0.2) is 42.5 Å². The van der Waals surface area contributed by atoms with Crippen molar-refractivity contribution in [3.05, 3.63) is 56.6 Å². The first-order chi connectivity index (χ1) is 12.9. The number of carboxylic acid groups (broad SMARTS) is 1. The number of nitrogens with zero attached hydrogens (tertiary/aromatic N) is 2. The third-order valence-electron chi connectivity index (χ3n) is 4.49. The van der Waals surface area contributed by atoms with Crippen LogP contribution in [0.1, 0.15) is 5.56 Å². The van der Waals surface area contributed by atoms with Crippen molar-refractivity contribution in [3.8, 4) is 5.75 Å². The summed E-state index contributed by atoms with van der Waals surface area (Å²) in [4.78, 5) is 27.0. The summed E-state index contributed by atoms with van der Waals surface area (Å²) in [5, 5.41) is 9.59. The highest BCUT2D eigenvalue weighted by atomic mass is 127. The normalized spacial score (nSPS) is 13.8. The number of rotatable bonds is 5. The van der Waals surface area contributed by atoms with E-state index in [1.165, 1.54) is 4.90 Å². The molecule has 6 nitrogen and oxygen atoms in total. The second kappa shape index (κ2) is 8.35. The molecule has 0 aromatic heterocycles. The molecule has 2 aromatic rings. The summed E-state index contributed by atoms with van der Waals surface area (Å²) in [5.74, 6) is 0.280. The largest absolute Gasteiger partial charge is 0.497 e. The third-order valence-corrected chi connectivity index (χ3v) is 6.26. The van der Waals surface area contributed by atoms with Gasteiger partial charge in [0.25, 0.3) is 0 Å². The average Bonchev–Trinajstić information content (AvgIpc) is 2.61. The van der Waals surface area contributed by atoms with Crippen molar-refractivity contribution in [2.24, 2.45) is 5.92 Å². The molecule has 2 aromatic carbocycles. The molecule has 142 valence electrons. The van der Waals surface area contributed by atoms with Gasteiger partial charge in [0.15, 0.2) is 0 Å². The zero-order valence-electron chi connectivity index (χ0n) is 14.6. The molecular weight excluding hydrogens is 483 g/mol. The Labute approximate surface area is 175 Å². The van der Waals surface area contributed by atoms with Crippen LogP contribution in [0, 0.1) is 9.49 Å². The van der Waals surface area contributed by atoms with Crippen molar-refractivity contribution in [3.63, 3.8) is 0 Å². The number of likely N-dealkylation sites (tertiary alicyclic amines) is 1. The van der Waals surface area contributed by atoms with Gasteiger partial charge in [-0.2, -0.15) is 0 Å². The Hall–Kier alpha value is -2.00. The minimum absolute atomic E-state index is 0.108. The molecule has 0 aliphatic carbocycles. The molecule has 2 amide bonds. The van der Waals surface area contributed by atoms with Crippen molar-refractivity contribution in [2.75, 3.05) is 25.1 Å². The van der Waals surface area contributed by atoms with Crippen LogP contribution in [0.25, 0.3) is 0 Å². The molecule has 1 N–H and O–H groups in total. The number of methoxy groups -OCH3 is 1. The maximum absolute atomic E-state index is 13.1. The first-order valence-electron chi connectivity index (χ1n) is 8.27. The standard InChI is InChI=1S/C19H18ClIN2O4/c1-27-14-7-5-12(6-8-14)9-23(16-4-2-3-15(20)17(16)21)18(24)13-10-22(11-13)19(25)26/h2-8,13H,9-11H2,1H3,(H,25,26). The fraction of sp³-hybridized carbons (Fsp3) is 0.263. The Kier molecular flexibility index (Phi) is 6.11. The third kappa shape index (κ3) is 4.30. The van der Waals surface area contributed by atoms with Gasteiger partial charge in [-0.25, -0.2) is 4.79 Å². The van der Waals surface area contributed by atoms with Crippen LogP contribution >= 0.6 is 34.2 Å². The number of benzene rings is 2. The number of hydrogen-bond acceptors (Lipinski definition) is 3. The molecule has 1 heterocycles. The van der Waals surface area contributed by atoms with Crippen LogP contribution < -0.4 is 9.64 Å². The van der Waals surface area contributed by atoms with Gasteiger partial charge in [0, 0.05) is 13.1 Å². The molecule has 8 heteroatoms. The summed E-state index contributed by atoms with van der Waals surface area (Å²) in [7, 11) is 1.60. The number of anilines is 1. The topological polar surface area (TPSA) is 70.1 Å². The number of halogens is 2. The van der Waals surface area contributed by atoms with E-state index in [9.17, 15) is 9.59 Å². The van der Waals surface area contributed by atoms with Crippen LogP contribution in [0.4, 0.5) is 10.5 Å². The maximum Gasteiger partial charge on any atom is 0.407 e. The Morgan fingerprint density at radius 3 is 2.52 bits per heavy atom. The summed E-state index contributed by atoms with van der Waals surface area (Å²) in [6.07, 6.45) is -1.00. The second-order valence-corrected chi connectivity index (χ2v) is 7.72. The van der Waals surface area contributed by atoms with Crippen LogP contribution in [0.5, 0.6) is 5.75 Å². The van der Waals surface area contributed by atoms with Gasteiger partial charge in [0.05, 0.1) is 33.9 Å². The number of carbonyl (C=O) groups is 2. The van der Waals surface area contributed by atoms with Gasteiger partial charge in [0.2, 0.25) is 5.91 Å². The first kappa shape index (κ1) is 19.8. The fourth-order valence-corrected chi connectivity index (χ4v) is 3.73. The predicted molar refractivity (Wildman–Crippen MR) is 111 cm³/mol. The molecule has 0 bridgehead atoms. The minimum atomic E-state index is -1.00. The van der Waals surface area contributed by atoms with E-state index < -0.39 is 6.09 Å². The van der Waals surface area contributed by atoms with E-state index in [0.717, 1.165) is 20.6 Å². The quantitative estimate of drug-likeness (QED) is 0.628. The van der Waals surface area contributed by atoms with Gasteiger partial charge in [0.1, 0.15) is 5.75 Å². The van der Waals surface area contributed by atoms with Crippen LogP contribution in [0.2, 0.25) is 5.02 Å². The Bertz CT molecular complexity index is 853. The lowest BCUT2D eigenvalue weighted by atomic mass is 9.98. The summed E-state index contributed by atoms with van der Waals surface area (Å²) in [6, 6.07) is 12.9.